The first-order valence-corrected chi connectivity index (χ1v) is 23.8. The maximum absolute atomic E-state index is 12.6. The Morgan fingerprint density at radius 3 is 1.38 bits per heavy atom. The predicted molar refractivity (Wildman–Crippen MR) is 224 cm³/mol. The Morgan fingerprint density at radius 2 is 0.943 bits per heavy atom. The predicted octanol–water partition coefficient (Wildman–Crippen LogP) is 13.3. The van der Waals surface area contributed by atoms with Crippen molar-refractivity contribution in [1.82, 2.24) is 0 Å². The van der Waals surface area contributed by atoms with E-state index in [0.29, 0.717) is 13.0 Å². The zero-order valence-corrected chi connectivity index (χ0v) is 35.7. The van der Waals surface area contributed by atoms with Gasteiger partial charge in [-0.2, -0.15) is 0 Å². The molecule has 0 aliphatic heterocycles. The smallest absolute Gasteiger partial charge is 0.457 e. The zero-order valence-electron chi connectivity index (χ0n) is 34.8. The van der Waals surface area contributed by atoms with Crippen molar-refractivity contribution in [2.45, 2.75) is 219 Å². The number of unbranched alkanes of at least 4 members (excludes halogenated alkanes) is 26. The molecule has 0 bridgehead atoms. The summed E-state index contributed by atoms with van der Waals surface area (Å²) in [6.45, 7) is 4.92. The van der Waals surface area contributed by atoms with E-state index in [0.717, 1.165) is 32.1 Å². The summed E-state index contributed by atoms with van der Waals surface area (Å²) in [6, 6.07) is 0. The van der Waals surface area contributed by atoms with E-state index >= 15 is 0 Å². The van der Waals surface area contributed by atoms with Crippen molar-refractivity contribution in [3.63, 3.8) is 0 Å². The molecule has 0 aromatic carbocycles. The Labute approximate surface area is 327 Å². The largest absolute Gasteiger partial charge is 0.472 e. The number of rotatable bonds is 43. The number of phosphoric ester groups is 1. The molecule has 8 nitrogen and oxygen atoms in total. The van der Waals surface area contributed by atoms with Gasteiger partial charge < -0.3 is 20.1 Å². The van der Waals surface area contributed by atoms with Gasteiger partial charge in [0, 0.05) is 19.6 Å². The monoisotopic (exact) mass is 772 g/mol. The van der Waals surface area contributed by atoms with E-state index in [1.54, 1.807) is 0 Å². The number of carbonyl (C=O) groups is 1. The van der Waals surface area contributed by atoms with E-state index in [9.17, 15) is 14.3 Å². The van der Waals surface area contributed by atoms with Gasteiger partial charge in [-0.25, -0.2) is 4.57 Å². The molecule has 0 aromatic rings. The molecule has 0 spiro atoms. The number of ether oxygens (including phenoxy) is 2. The molecule has 314 valence electrons. The molecule has 0 fully saturated rings. The summed E-state index contributed by atoms with van der Waals surface area (Å²) in [4.78, 5) is 22.5. The highest BCUT2D eigenvalue weighted by molar-refractivity contribution is 7.47. The molecular formula is C44H86NO7P. The van der Waals surface area contributed by atoms with Gasteiger partial charge in [0.1, 0.15) is 6.10 Å². The highest BCUT2D eigenvalue weighted by Crippen LogP contribution is 2.43. The molecule has 0 aliphatic carbocycles. The van der Waals surface area contributed by atoms with Crippen LogP contribution >= 0.6 is 7.82 Å². The zero-order chi connectivity index (χ0) is 38.8. The van der Waals surface area contributed by atoms with Gasteiger partial charge in [-0.1, -0.05) is 167 Å². The molecule has 9 heteroatoms. The van der Waals surface area contributed by atoms with Crippen LogP contribution in [-0.4, -0.2) is 49.9 Å². The summed E-state index contributed by atoms with van der Waals surface area (Å²) in [6.07, 6.45) is 46.2. The second-order valence-electron chi connectivity index (χ2n) is 14.9. The molecule has 0 heterocycles. The molecule has 0 saturated carbocycles. The van der Waals surface area contributed by atoms with Crippen molar-refractivity contribution in [2.75, 3.05) is 33.0 Å². The van der Waals surface area contributed by atoms with Crippen LogP contribution in [0.15, 0.2) is 24.3 Å². The lowest BCUT2D eigenvalue weighted by molar-refractivity contribution is -0.154. The molecular weight excluding hydrogens is 685 g/mol. The van der Waals surface area contributed by atoms with E-state index in [1.807, 2.05) is 0 Å². The SMILES string of the molecule is CCCCCCC/C=C\CCCCCCCCOCC(COP(=O)(O)OCCN)OC(=O)CCCCCCCCCCC/C=C\CCCCCCCC. The molecule has 2 unspecified atom stereocenters. The van der Waals surface area contributed by atoms with Gasteiger partial charge in [-0.3, -0.25) is 13.8 Å². The Balaban J connectivity index is 4.00. The third-order valence-corrected chi connectivity index (χ3v) is 10.6. The third kappa shape index (κ3) is 42.0. The van der Waals surface area contributed by atoms with Crippen LogP contribution in [0.3, 0.4) is 0 Å². The van der Waals surface area contributed by atoms with E-state index in [1.165, 1.54) is 161 Å². The van der Waals surface area contributed by atoms with Crippen LogP contribution in [0.1, 0.15) is 213 Å². The van der Waals surface area contributed by atoms with Crippen molar-refractivity contribution in [2.24, 2.45) is 5.73 Å². The summed E-state index contributed by atoms with van der Waals surface area (Å²) in [5, 5.41) is 0. The molecule has 0 amide bonds. The lowest BCUT2D eigenvalue weighted by Crippen LogP contribution is -2.28. The summed E-state index contributed by atoms with van der Waals surface area (Å²) in [5.74, 6) is -0.333. The van der Waals surface area contributed by atoms with Crippen LogP contribution in [0.25, 0.3) is 0 Å². The molecule has 0 rings (SSSR count). The number of allylic oxidation sites excluding steroid dienone is 4. The standard InChI is InChI=1S/C44H86NO7P/c1-3-5-7-9-11-13-15-17-19-20-21-22-23-25-27-29-31-33-35-37-44(46)52-43(42-51-53(47,48)50-40-38-45)41-49-39-36-34-32-30-28-26-24-18-16-14-12-10-8-6-4-2/h16-19,43H,3-15,20-42,45H2,1-2H3,(H,47,48)/b18-16-,19-17-. The fraction of sp³-hybridized carbons (Fsp3) is 0.886. The van der Waals surface area contributed by atoms with Gasteiger partial charge in [0.25, 0.3) is 0 Å². The highest BCUT2D eigenvalue weighted by atomic mass is 31.2. The third-order valence-electron chi connectivity index (χ3n) is 9.59. The Kier molecular flexibility index (Phi) is 41.3. The van der Waals surface area contributed by atoms with Gasteiger partial charge in [-0.05, 0) is 64.2 Å². The van der Waals surface area contributed by atoms with E-state index in [4.69, 9.17) is 24.3 Å². The first-order chi connectivity index (χ1) is 25.9. The molecule has 2 atom stereocenters. The second-order valence-corrected chi connectivity index (χ2v) is 16.4. The average Bonchev–Trinajstić information content (AvgIpc) is 3.15. The normalized spacial score (nSPS) is 13.7. The maximum atomic E-state index is 12.6. The van der Waals surface area contributed by atoms with Crippen LogP contribution in [0.4, 0.5) is 0 Å². The summed E-state index contributed by atoms with van der Waals surface area (Å²) in [5.41, 5.74) is 5.37. The van der Waals surface area contributed by atoms with E-state index in [2.05, 4.69) is 38.2 Å². The average molecular weight is 772 g/mol. The van der Waals surface area contributed by atoms with E-state index < -0.39 is 13.9 Å². The van der Waals surface area contributed by atoms with Gasteiger partial charge >= 0.3 is 13.8 Å². The number of phosphoric acid groups is 1. The first-order valence-electron chi connectivity index (χ1n) is 22.3. The fourth-order valence-electron chi connectivity index (χ4n) is 6.28. The van der Waals surface area contributed by atoms with Gasteiger partial charge in [0.2, 0.25) is 0 Å². The lowest BCUT2D eigenvalue weighted by atomic mass is 10.1. The molecule has 0 aliphatic rings. The van der Waals surface area contributed by atoms with Crippen LogP contribution in [-0.2, 0) is 27.9 Å². The Morgan fingerprint density at radius 1 is 0.547 bits per heavy atom. The minimum absolute atomic E-state index is 0.0956. The van der Waals surface area contributed by atoms with Crippen molar-refractivity contribution in [1.29, 1.82) is 0 Å². The lowest BCUT2D eigenvalue weighted by Gasteiger charge is -2.20. The maximum Gasteiger partial charge on any atom is 0.472 e. The number of carbonyl (C=O) groups excluding carboxylic acids is 1. The van der Waals surface area contributed by atoms with Crippen LogP contribution in [0.5, 0.6) is 0 Å². The Hall–Kier alpha value is -1.02. The summed E-state index contributed by atoms with van der Waals surface area (Å²) >= 11 is 0. The van der Waals surface area contributed by atoms with Crippen molar-refractivity contribution in [3.05, 3.63) is 24.3 Å². The molecule has 3 N–H and O–H groups in total. The fourth-order valence-corrected chi connectivity index (χ4v) is 7.05. The number of nitrogens with two attached hydrogens (primary N) is 1. The molecule has 0 saturated heterocycles. The molecule has 0 aromatic heterocycles. The van der Waals surface area contributed by atoms with Crippen molar-refractivity contribution < 1.29 is 32.8 Å². The van der Waals surface area contributed by atoms with E-state index in [-0.39, 0.29) is 32.3 Å². The molecule has 53 heavy (non-hydrogen) atoms. The highest BCUT2D eigenvalue weighted by Gasteiger charge is 2.25. The quantitative estimate of drug-likeness (QED) is 0.0272. The van der Waals surface area contributed by atoms with Crippen molar-refractivity contribution in [3.8, 4) is 0 Å². The molecule has 0 radical (unpaired) electrons. The van der Waals surface area contributed by atoms with Crippen molar-refractivity contribution >= 4 is 13.8 Å². The number of hydrogen-bond acceptors (Lipinski definition) is 7. The minimum atomic E-state index is -4.28. The van der Waals surface area contributed by atoms with Gasteiger partial charge in [0.15, 0.2) is 0 Å². The summed E-state index contributed by atoms with van der Waals surface area (Å²) in [7, 11) is -4.28. The second kappa shape index (κ2) is 42.1. The first kappa shape index (κ1) is 52.0. The van der Waals surface area contributed by atoms with Gasteiger partial charge in [-0.15, -0.1) is 0 Å². The number of esters is 1. The minimum Gasteiger partial charge on any atom is -0.457 e. The van der Waals surface area contributed by atoms with Crippen LogP contribution < -0.4 is 5.73 Å². The van der Waals surface area contributed by atoms with Crippen LogP contribution in [0.2, 0.25) is 0 Å². The van der Waals surface area contributed by atoms with Crippen LogP contribution in [0, 0.1) is 0 Å². The summed E-state index contributed by atoms with van der Waals surface area (Å²) < 4.78 is 33.4. The Bertz CT molecular complexity index is 869. The van der Waals surface area contributed by atoms with Gasteiger partial charge in [0.05, 0.1) is 19.8 Å². The number of hydrogen-bond donors (Lipinski definition) is 2. The topological polar surface area (TPSA) is 117 Å².